The summed E-state index contributed by atoms with van der Waals surface area (Å²) in [5, 5.41) is 0. The predicted molar refractivity (Wildman–Crippen MR) is 43.3 cm³/mol. The number of hydrogen-bond acceptors (Lipinski definition) is 2. The lowest BCUT2D eigenvalue weighted by atomic mass is 10.2. The van der Waals surface area contributed by atoms with Gasteiger partial charge in [-0.15, -0.1) is 0 Å². The average molecular weight is 243 g/mol. The quantitative estimate of drug-likeness (QED) is 0.590. The molecule has 0 spiro atoms. The van der Waals surface area contributed by atoms with E-state index >= 15 is 0 Å². The first-order valence-electron chi connectivity index (χ1n) is 2.64. The van der Waals surface area contributed by atoms with E-state index in [9.17, 15) is 4.79 Å². The number of carbonyl (C=O) groups is 1. The van der Waals surface area contributed by atoms with E-state index in [0.29, 0.717) is 5.92 Å². The molecule has 0 aliphatic carbocycles. The Balaban J connectivity index is 3.50. The van der Waals surface area contributed by atoms with Gasteiger partial charge in [-0.1, -0.05) is 13.8 Å². The summed E-state index contributed by atoms with van der Waals surface area (Å²) in [6.07, 6.45) is -0.705. The number of nitrogens with two attached hydrogens (primary N) is 1. The van der Waals surface area contributed by atoms with Crippen molar-refractivity contribution in [1.29, 1.82) is 0 Å². The fraction of sp³-hybridized carbons (Fsp3) is 0.800. The van der Waals surface area contributed by atoms with E-state index in [4.69, 9.17) is 5.73 Å². The number of halogens is 1. The molecular weight excluding hydrogens is 233 g/mol. The van der Waals surface area contributed by atoms with E-state index in [-0.39, 0.29) is 4.11 Å². The van der Waals surface area contributed by atoms with Crippen LogP contribution in [0.1, 0.15) is 13.8 Å². The molecule has 0 radical (unpaired) electrons. The van der Waals surface area contributed by atoms with Crippen LogP contribution in [0.5, 0.6) is 0 Å². The zero-order valence-electron chi connectivity index (χ0n) is 5.43. The van der Waals surface area contributed by atoms with E-state index in [1.165, 1.54) is 0 Å². The normalized spacial score (nSPS) is 13.3. The van der Waals surface area contributed by atoms with Crippen LogP contribution in [0.25, 0.3) is 0 Å². The van der Waals surface area contributed by atoms with Crippen molar-refractivity contribution in [2.45, 2.75) is 18.0 Å². The maximum Gasteiger partial charge on any atom is 0.405 e. The van der Waals surface area contributed by atoms with Crippen LogP contribution in [0, 0.1) is 5.92 Å². The first-order valence-corrected chi connectivity index (χ1v) is 3.88. The molecule has 0 heterocycles. The molecule has 1 unspecified atom stereocenters. The molecule has 0 saturated heterocycles. The zero-order chi connectivity index (χ0) is 7.44. The van der Waals surface area contributed by atoms with Crippen LogP contribution in [0.2, 0.25) is 0 Å². The van der Waals surface area contributed by atoms with Crippen LogP contribution >= 0.6 is 22.6 Å². The molecule has 1 amide bonds. The van der Waals surface area contributed by atoms with Crippen molar-refractivity contribution in [3.63, 3.8) is 0 Å². The smallest absolute Gasteiger partial charge is 0.405 e. The van der Waals surface area contributed by atoms with Crippen LogP contribution in [0.4, 0.5) is 4.79 Å². The van der Waals surface area contributed by atoms with Crippen molar-refractivity contribution in [1.82, 2.24) is 0 Å². The second-order valence-electron chi connectivity index (χ2n) is 2.03. The van der Waals surface area contributed by atoms with Crippen molar-refractivity contribution in [2.24, 2.45) is 11.7 Å². The fourth-order valence-corrected chi connectivity index (χ4v) is 0.498. The largest absolute Gasteiger partial charge is 0.435 e. The predicted octanol–water partition coefficient (Wildman–Crippen LogP) is 1.50. The number of ether oxygens (including phenoxy) is 1. The second-order valence-corrected chi connectivity index (χ2v) is 3.26. The highest BCUT2D eigenvalue weighted by molar-refractivity contribution is 14.1. The fourth-order valence-electron chi connectivity index (χ4n) is 0.247. The maximum absolute atomic E-state index is 10.1. The standard InChI is InChI=1S/C5H10INO2/c1-3(2)4(6)9-5(7)8/h3-4H,1-2H3,(H2,7,8). The van der Waals surface area contributed by atoms with Crippen molar-refractivity contribution >= 4 is 28.7 Å². The summed E-state index contributed by atoms with van der Waals surface area (Å²) in [7, 11) is 0. The van der Waals surface area contributed by atoms with Gasteiger partial charge >= 0.3 is 6.09 Å². The van der Waals surface area contributed by atoms with Gasteiger partial charge < -0.3 is 10.5 Å². The number of amides is 1. The molecule has 0 aliphatic rings. The van der Waals surface area contributed by atoms with E-state index in [1.54, 1.807) is 0 Å². The lowest BCUT2D eigenvalue weighted by molar-refractivity contribution is 0.134. The van der Waals surface area contributed by atoms with E-state index < -0.39 is 6.09 Å². The molecule has 0 saturated carbocycles. The third-order valence-electron chi connectivity index (χ3n) is 0.753. The lowest BCUT2D eigenvalue weighted by Gasteiger charge is -2.11. The third kappa shape index (κ3) is 4.50. The number of carbonyl (C=O) groups excluding carboxylic acids is 1. The molecule has 0 aromatic carbocycles. The first kappa shape index (κ1) is 9.00. The van der Waals surface area contributed by atoms with Gasteiger partial charge in [0.25, 0.3) is 0 Å². The van der Waals surface area contributed by atoms with Gasteiger partial charge in [-0.25, -0.2) is 4.79 Å². The molecular formula is C5H10INO2. The lowest BCUT2D eigenvalue weighted by Crippen LogP contribution is -2.21. The molecule has 0 bridgehead atoms. The molecule has 1 atom stereocenters. The minimum Gasteiger partial charge on any atom is -0.435 e. The molecule has 4 heteroatoms. The molecule has 54 valence electrons. The Bertz CT molecular complexity index is 105. The third-order valence-corrected chi connectivity index (χ3v) is 2.45. The second kappa shape index (κ2) is 3.92. The van der Waals surface area contributed by atoms with Gasteiger partial charge in [-0.2, -0.15) is 0 Å². The van der Waals surface area contributed by atoms with Crippen LogP contribution in [0.3, 0.4) is 0 Å². The van der Waals surface area contributed by atoms with Crippen LogP contribution < -0.4 is 5.73 Å². The highest BCUT2D eigenvalue weighted by Crippen LogP contribution is 2.12. The van der Waals surface area contributed by atoms with Crippen molar-refractivity contribution in [3.8, 4) is 0 Å². The van der Waals surface area contributed by atoms with Gasteiger partial charge in [0.15, 0.2) is 4.11 Å². The number of hydrogen-bond donors (Lipinski definition) is 1. The van der Waals surface area contributed by atoms with Crippen LogP contribution in [-0.2, 0) is 4.74 Å². The summed E-state index contributed by atoms with van der Waals surface area (Å²) in [6, 6.07) is 0. The van der Waals surface area contributed by atoms with E-state index in [0.717, 1.165) is 0 Å². The summed E-state index contributed by atoms with van der Waals surface area (Å²) in [4.78, 5) is 10.1. The van der Waals surface area contributed by atoms with E-state index in [1.807, 2.05) is 36.4 Å². The molecule has 0 rings (SSSR count). The summed E-state index contributed by atoms with van der Waals surface area (Å²) in [6.45, 7) is 3.92. The minimum absolute atomic E-state index is 0.111. The molecule has 0 aliphatic heterocycles. The Morgan fingerprint density at radius 2 is 2.11 bits per heavy atom. The van der Waals surface area contributed by atoms with Gasteiger partial charge in [0, 0.05) is 0 Å². The Morgan fingerprint density at radius 1 is 1.67 bits per heavy atom. The SMILES string of the molecule is CC(C)C(I)OC(N)=O. The highest BCUT2D eigenvalue weighted by atomic mass is 127. The summed E-state index contributed by atoms with van der Waals surface area (Å²) < 4.78 is 4.53. The van der Waals surface area contributed by atoms with Crippen molar-refractivity contribution < 1.29 is 9.53 Å². The van der Waals surface area contributed by atoms with Gasteiger partial charge in [0.1, 0.15) is 0 Å². The number of alkyl halides is 1. The summed E-state index contributed by atoms with van der Waals surface area (Å²) in [5.41, 5.74) is 4.77. The monoisotopic (exact) mass is 243 g/mol. The van der Waals surface area contributed by atoms with Gasteiger partial charge in [-0.05, 0) is 28.5 Å². The van der Waals surface area contributed by atoms with Gasteiger partial charge in [0.05, 0.1) is 0 Å². The van der Waals surface area contributed by atoms with Crippen molar-refractivity contribution in [2.75, 3.05) is 0 Å². The Kier molecular flexibility index (Phi) is 3.92. The maximum atomic E-state index is 10.1. The van der Waals surface area contributed by atoms with Gasteiger partial charge in [-0.3, -0.25) is 0 Å². The Labute approximate surface area is 68.1 Å². The minimum atomic E-state index is -0.705. The first-order chi connectivity index (χ1) is 4.04. The molecule has 2 N–H and O–H groups in total. The molecule has 9 heavy (non-hydrogen) atoms. The molecule has 0 fully saturated rings. The topological polar surface area (TPSA) is 52.3 Å². The zero-order valence-corrected chi connectivity index (χ0v) is 7.58. The van der Waals surface area contributed by atoms with Crippen molar-refractivity contribution in [3.05, 3.63) is 0 Å². The number of primary amides is 1. The summed E-state index contributed by atoms with van der Waals surface area (Å²) in [5.74, 6) is 0.318. The molecule has 0 aromatic heterocycles. The highest BCUT2D eigenvalue weighted by Gasteiger charge is 2.10. The van der Waals surface area contributed by atoms with Crippen LogP contribution in [0.15, 0.2) is 0 Å². The van der Waals surface area contributed by atoms with Crippen LogP contribution in [-0.4, -0.2) is 10.2 Å². The number of rotatable bonds is 2. The molecule has 3 nitrogen and oxygen atoms in total. The average Bonchev–Trinajstić information content (AvgIpc) is 1.63. The Morgan fingerprint density at radius 3 is 2.22 bits per heavy atom. The Hall–Kier alpha value is 0. The van der Waals surface area contributed by atoms with Gasteiger partial charge in [0.2, 0.25) is 0 Å². The van der Waals surface area contributed by atoms with E-state index in [2.05, 4.69) is 4.74 Å². The molecule has 0 aromatic rings. The summed E-state index contributed by atoms with van der Waals surface area (Å²) >= 11 is 2.02.